The van der Waals surface area contributed by atoms with Crippen LogP contribution in [0.1, 0.15) is 36.5 Å². The molecule has 1 fully saturated rings. The minimum absolute atomic E-state index is 0.564. The van der Waals surface area contributed by atoms with Gasteiger partial charge in [-0.15, -0.1) is 0 Å². The zero-order valence-electron chi connectivity index (χ0n) is 11.9. The third-order valence-corrected chi connectivity index (χ3v) is 4.46. The highest BCUT2D eigenvalue weighted by atomic mass is 15.2. The zero-order valence-corrected chi connectivity index (χ0v) is 11.9. The number of piperidine rings is 1. The minimum atomic E-state index is 0.564. The van der Waals surface area contributed by atoms with Gasteiger partial charge in [0.1, 0.15) is 0 Å². The summed E-state index contributed by atoms with van der Waals surface area (Å²) in [7, 11) is 0. The number of nitrogens with zero attached hydrogens (tertiary/aromatic N) is 1. The van der Waals surface area contributed by atoms with Crippen LogP contribution in [0.5, 0.6) is 0 Å². The van der Waals surface area contributed by atoms with E-state index in [1.165, 1.54) is 36.1 Å². The first-order valence-electron chi connectivity index (χ1n) is 7.11. The standard InChI is InChI=1S/C16H26N2/c1-12-7-8-18(16(9-12)10-17)11-15-6-4-5-13(2)14(15)3/h4-6,12,16H,7-11,17H2,1-3H3. The molecule has 2 N–H and O–H groups in total. The molecular formula is C16H26N2. The lowest BCUT2D eigenvalue weighted by Gasteiger charge is -2.38. The smallest absolute Gasteiger partial charge is 0.0239 e. The Balaban J connectivity index is 2.10. The Morgan fingerprint density at radius 1 is 1.33 bits per heavy atom. The maximum absolute atomic E-state index is 5.94. The van der Waals surface area contributed by atoms with E-state index in [9.17, 15) is 0 Å². The third kappa shape index (κ3) is 2.93. The van der Waals surface area contributed by atoms with Crippen molar-refractivity contribution >= 4 is 0 Å². The molecule has 2 nitrogen and oxygen atoms in total. The van der Waals surface area contributed by atoms with E-state index in [2.05, 4.69) is 43.9 Å². The predicted octanol–water partition coefficient (Wildman–Crippen LogP) is 2.86. The molecule has 0 aliphatic carbocycles. The molecule has 0 radical (unpaired) electrons. The van der Waals surface area contributed by atoms with Crippen molar-refractivity contribution in [3.05, 3.63) is 34.9 Å². The second-order valence-electron chi connectivity index (χ2n) is 5.85. The van der Waals surface area contributed by atoms with Gasteiger partial charge in [-0.2, -0.15) is 0 Å². The fraction of sp³-hybridized carbons (Fsp3) is 0.625. The average Bonchev–Trinajstić information content (AvgIpc) is 2.37. The first-order valence-corrected chi connectivity index (χ1v) is 7.11. The van der Waals surface area contributed by atoms with Crippen molar-refractivity contribution in [2.75, 3.05) is 13.1 Å². The lowest BCUT2D eigenvalue weighted by Crippen LogP contribution is -2.45. The van der Waals surface area contributed by atoms with Gasteiger partial charge < -0.3 is 5.73 Å². The number of likely N-dealkylation sites (tertiary alicyclic amines) is 1. The Bertz CT molecular complexity index is 400. The second-order valence-corrected chi connectivity index (χ2v) is 5.85. The number of rotatable bonds is 3. The van der Waals surface area contributed by atoms with Crippen molar-refractivity contribution in [1.82, 2.24) is 4.90 Å². The molecule has 2 heteroatoms. The van der Waals surface area contributed by atoms with Crippen LogP contribution in [0, 0.1) is 19.8 Å². The first-order chi connectivity index (χ1) is 8.61. The van der Waals surface area contributed by atoms with Crippen LogP contribution < -0.4 is 5.73 Å². The molecule has 0 amide bonds. The lowest BCUT2D eigenvalue weighted by molar-refractivity contribution is 0.115. The Morgan fingerprint density at radius 3 is 2.83 bits per heavy atom. The van der Waals surface area contributed by atoms with Crippen molar-refractivity contribution in [3.8, 4) is 0 Å². The summed E-state index contributed by atoms with van der Waals surface area (Å²) >= 11 is 0. The SMILES string of the molecule is Cc1cccc(CN2CCC(C)CC2CN)c1C. The minimum Gasteiger partial charge on any atom is -0.329 e. The molecule has 0 saturated carbocycles. The van der Waals surface area contributed by atoms with Gasteiger partial charge in [0.05, 0.1) is 0 Å². The van der Waals surface area contributed by atoms with E-state index in [0.717, 1.165) is 19.0 Å². The van der Waals surface area contributed by atoms with E-state index >= 15 is 0 Å². The maximum atomic E-state index is 5.94. The number of hydrogen-bond donors (Lipinski definition) is 1. The molecule has 2 rings (SSSR count). The fourth-order valence-corrected chi connectivity index (χ4v) is 2.96. The summed E-state index contributed by atoms with van der Waals surface area (Å²) in [4.78, 5) is 2.57. The highest BCUT2D eigenvalue weighted by Crippen LogP contribution is 2.25. The Hall–Kier alpha value is -0.860. The van der Waals surface area contributed by atoms with Crippen LogP contribution in [-0.2, 0) is 6.54 Å². The molecule has 100 valence electrons. The van der Waals surface area contributed by atoms with Crippen LogP contribution >= 0.6 is 0 Å². The van der Waals surface area contributed by atoms with Gasteiger partial charge in [-0.25, -0.2) is 0 Å². The van der Waals surface area contributed by atoms with Gasteiger partial charge in [0.25, 0.3) is 0 Å². The molecule has 1 aromatic rings. The summed E-state index contributed by atoms with van der Waals surface area (Å²) in [5.41, 5.74) is 10.2. The molecular weight excluding hydrogens is 220 g/mol. The van der Waals surface area contributed by atoms with E-state index in [1.54, 1.807) is 0 Å². The molecule has 2 unspecified atom stereocenters. The Kier molecular flexibility index (Phi) is 4.41. The number of benzene rings is 1. The molecule has 1 aliphatic heterocycles. The van der Waals surface area contributed by atoms with E-state index in [0.29, 0.717) is 6.04 Å². The third-order valence-electron chi connectivity index (χ3n) is 4.46. The van der Waals surface area contributed by atoms with Crippen LogP contribution in [0.15, 0.2) is 18.2 Å². The van der Waals surface area contributed by atoms with Gasteiger partial charge in [0.15, 0.2) is 0 Å². The summed E-state index contributed by atoms with van der Waals surface area (Å²) in [6, 6.07) is 7.18. The normalized spacial score (nSPS) is 25.3. The van der Waals surface area contributed by atoms with Gasteiger partial charge in [0.2, 0.25) is 0 Å². The molecule has 0 spiro atoms. The van der Waals surface area contributed by atoms with Gasteiger partial charge in [-0.3, -0.25) is 4.90 Å². The zero-order chi connectivity index (χ0) is 13.1. The summed E-state index contributed by atoms with van der Waals surface area (Å²) in [5.74, 6) is 0.827. The van der Waals surface area contributed by atoms with E-state index in [1.807, 2.05) is 0 Å². The van der Waals surface area contributed by atoms with Crippen LogP contribution in [0.2, 0.25) is 0 Å². The van der Waals surface area contributed by atoms with Crippen LogP contribution in [0.25, 0.3) is 0 Å². The van der Waals surface area contributed by atoms with Crippen LogP contribution in [0.4, 0.5) is 0 Å². The van der Waals surface area contributed by atoms with Gasteiger partial charge in [0, 0.05) is 19.1 Å². The topological polar surface area (TPSA) is 29.3 Å². The van der Waals surface area contributed by atoms with E-state index in [-0.39, 0.29) is 0 Å². The van der Waals surface area contributed by atoms with Crippen molar-refractivity contribution < 1.29 is 0 Å². The quantitative estimate of drug-likeness (QED) is 0.888. The molecule has 1 heterocycles. The van der Waals surface area contributed by atoms with E-state index in [4.69, 9.17) is 5.73 Å². The second kappa shape index (κ2) is 5.85. The average molecular weight is 246 g/mol. The first kappa shape index (κ1) is 13.6. The molecule has 1 saturated heterocycles. The highest BCUT2D eigenvalue weighted by molar-refractivity contribution is 5.33. The molecule has 2 atom stereocenters. The van der Waals surface area contributed by atoms with Gasteiger partial charge in [-0.05, 0) is 55.8 Å². The summed E-state index contributed by atoms with van der Waals surface area (Å²) in [6.07, 6.45) is 2.56. The summed E-state index contributed by atoms with van der Waals surface area (Å²) in [6.45, 7) is 9.80. The molecule has 0 aromatic heterocycles. The fourth-order valence-electron chi connectivity index (χ4n) is 2.96. The summed E-state index contributed by atoms with van der Waals surface area (Å²) in [5, 5.41) is 0. The van der Waals surface area contributed by atoms with Gasteiger partial charge >= 0.3 is 0 Å². The molecule has 18 heavy (non-hydrogen) atoms. The molecule has 0 bridgehead atoms. The van der Waals surface area contributed by atoms with Crippen molar-refractivity contribution in [2.45, 2.75) is 46.2 Å². The summed E-state index contributed by atoms with van der Waals surface area (Å²) < 4.78 is 0. The lowest BCUT2D eigenvalue weighted by atomic mass is 9.91. The van der Waals surface area contributed by atoms with Crippen molar-refractivity contribution in [3.63, 3.8) is 0 Å². The van der Waals surface area contributed by atoms with Crippen molar-refractivity contribution in [2.24, 2.45) is 11.7 Å². The number of aryl methyl sites for hydroxylation is 1. The van der Waals surface area contributed by atoms with Crippen molar-refractivity contribution in [1.29, 1.82) is 0 Å². The van der Waals surface area contributed by atoms with E-state index < -0.39 is 0 Å². The van der Waals surface area contributed by atoms with Crippen LogP contribution in [-0.4, -0.2) is 24.0 Å². The highest BCUT2D eigenvalue weighted by Gasteiger charge is 2.25. The number of hydrogen-bond acceptors (Lipinski definition) is 2. The number of nitrogens with two attached hydrogens (primary N) is 1. The molecule has 1 aliphatic rings. The predicted molar refractivity (Wildman–Crippen MR) is 77.6 cm³/mol. The molecule has 1 aromatic carbocycles. The monoisotopic (exact) mass is 246 g/mol. The van der Waals surface area contributed by atoms with Crippen LogP contribution in [0.3, 0.4) is 0 Å². The Labute approximate surface area is 111 Å². The Morgan fingerprint density at radius 2 is 2.11 bits per heavy atom. The van der Waals surface area contributed by atoms with Gasteiger partial charge in [-0.1, -0.05) is 25.1 Å². The maximum Gasteiger partial charge on any atom is 0.0239 e. The largest absolute Gasteiger partial charge is 0.329 e.